The van der Waals surface area contributed by atoms with Crippen LogP contribution in [0.2, 0.25) is 0 Å². The Balaban J connectivity index is 1.64. The maximum atomic E-state index is 12.7. The van der Waals surface area contributed by atoms with Crippen LogP contribution in [0, 0.1) is 11.8 Å². The van der Waals surface area contributed by atoms with Crippen molar-refractivity contribution in [1.82, 2.24) is 20.6 Å². The number of hydrogen-bond donors (Lipinski definition) is 3. The third-order valence-electron chi connectivity index (χ3n) is 5.38. The van der Waals surface area contributed by atoms with Crippen molar-refractivity contribution in [3.05, 3.63) is 30.1 Å². The molecule has 0 aliphatic carbocycles. The predicted octanol–water partition coefficient (Wildman–Crippen LogP) is 3.50. The second-order valence-electron chi connectivity index (χ2n) is 7.31. The molecule has 2 aromatic rings. The summed E-state index contributed by atoms with van der Waals surface area (Å²) in [6.07, 6.45) is 5.92. The zero-order valence-corrected chi connectivity index (χ0v) is 16.6. The average molecular weight is 375 g/mol. The van der Waals surface area contributed by atoms with Gasteiger partial charge in [-0.05, 0) is 68.3 Å². The van der Waals surface area contributed by atoms with E-state index in [1.165, 1.54) is 12.8 Å². The number of rotatable bonds is 8. The van der Waals surface area contributed by atoms with Crippen LogP contribution in [0.25, 0.3) is 11.0 Å². The molecule has 26 heavy (non-hydrogen) atoms. The number of piperidine rings is 1. The van der Waals surface area contributed by atoms with E-state index in [-0.39, 0.29) is 11.9 Å². The molecule has 2 atom stereocenters. The number of carbonyl (C=O) groups is 1. The van der Waals surface area contributed by atoms with Gasteiger partial charge in [0.05, 0.1) is 17.1 Å². The first-order valence-electron chi connectivity index (χ1n) is 9.61. The molecule has 3 rings (SSSR count). The Bertz CT molecular complexity index is 678. The van der Waals surface area contributed by atoms with Crippen LogP contribution in [0.4, 0.5) is 0 Å². The number of carbonyl (C=O) groups excluding carboxylic acids is 1. The van der Waals surface area contributed by atoms with Gasteiger partial charge in [-0.1, -0.05) is 19.1 Å². The lowest BCUT2D eigenvalue weighted by molar-refractivity contribution is -0.123. The smallest absolute Gasteiger partial charge is 0.220 e. The van der Waals surface area contributed by atoms with Crippen LogP contribution in [-0.4, -0.2) is 41.0 Å². The molecule has 142 valence electrons. The van der Waals surface area contributed by atoms with Gasteiger partial charge in [-0.25, -0.2) is 4.98 Å². The van der Waals surface area contributed by atoms with Crippen molar-refractivity contribution in [1.29, 1.82) is 0 Å². The summed E-state index contributed by atoms with van der Waals surface area (Å²) in [4.78, 5) is 20.8. The van der Waals surface area contributed by atoms with Gasteiger partial charge in [0.25, 0.3) is 0 Å². The van der Waals surface area contributed by atoms with Gasteiger partial charge in [-0.2, -0.15) is 11.8 Å². The molecule has 1 amide bonds. The Kier molecular flexibility index (Phi) is 6.97. The fourth-order valence-corrected chi connectivity index (χ4v) is 4.25. The third-order valence-corrected chi connectivity index (χ3v) is 6.02. The van der Waals surface area contributed by atoms with Crippen LogP contribution in [0.5, 0.6) is 0 Å². The summed E-state index contributed by atoms with van der Waals surface area (Å²) in [5, 5.41) is 6.63. The predicted molar refractivity (Wildman–Crippen MR) is 109 cm³/mol. The summed E-state index contributed by atoms with van der Waals surface area (Å²) in [6, 6.07) is 7.96. The molecule has 0 spiro atoms. The molecule has 0 radical (unpaired) electrons. The molecule has 1 aromatic heterocycles. The van der Waals surface area contributed by atoms with E-state index in [9.17, 15) is 4.79 Å². The number of para-hydroxylation sites is 2. The van der Waals surface area contributed by atoms with Gasteiger partial charge in [0.15, 0.2) is 0 Å². The van der Waals surface area contributed by atoms with E-state index in [4.69, 9.17) is 4.98 Å². The second kappa shape index (κ2) is 9.42. The lowest BCUT2D eigenvalue weighted by atomic mass is 9.84. The molecule has 3 N–H and O–H groups in total. The van der Waals surface area contributed by atoms with E-state index in [1.807, 2.05) is 24.3 Å². The second-order valence-corrected chi connectivity index (χ2v) is 8.30. The van der Waals surface area contributed by atoms with Crippen molar-refractivity contribution in [2.24, 2.45) is 11.8 Å². The number of thioether (sulfide) groups is 1. The third kappa shape index (κ3) is 5.01. The van der Waals surface area contributed by atoms with E-state index >= 15 is 0 Å². The Morgan fingerprint density at radius 2 is 2.12 bits per heavy atom. The standard InChI is InChI=1S/C20H30N4OS/c1-14(15-7-10-21-11-8-15)13-19(25)22-18(9-12-26-2)20-23-16-5-3-4-6-17(16)24-20/h3-6,14-15,18,21H,7-13H2,1-2H3,(H,22,25)(H,23,24). The zero-order chi connectivity index (χ0) is 18.4. The first-order valence-corrected chi connectivity index (χ1v) is 11.0. The quantitative estimate of drug-likeness (QED) is 0.661. The topological polar surface area (TPSA) is 69.8 Å². The van der Waals surface area contributed by atoms with E-state index in [2.05, 4.69) is 28.8 Å². The number of aromatic amines is 1. The summed E-state index contributed by atoms with van der Waals surface area (Å²) < 4.78 is 0. The number of nitrogens with zero attached hydrogens (tertiary/aromatic N) is 1. The Morgan fingerprint density at radius 1 is 1.35 bits per heavy atom. The van der Waals surface area contributed by atoms with Crippen molar-refractivity contribution in [3.8, 4) is 0 Å². The number of fused-ring (bicyclic) bond motifs is 1. The molecule has 1 aliphatic rings. The van der Waals surface area contributed by atoms with Crippen LogP contribution in [0.3, 0.4) is 0 Å². The van der Waals surface area contributed by atoms with E-state index < -0.39 is 0 Å². The first kappa shape index (κ1) is 19.2. The number of nitrogens with one attached hydrogen (secondary N) is 3. The maximum absolute atomic E-state index is 12.7. The summed E-state index contributed by atoms with van der Waals surface area (Å²) in [7, 11) is 0. The van der Waals surface area contributed by atoms with E-state index in [0.717, 1.165) is 42.1 Å². The Labute approximate surface area is 160 Å². The molecular weight excluding hydrogens is 344 g/mol. The monoisotopic (exact) mass is 374 g/mol. The number of H-pyrrole nitrogens is 1. The van der Waals surface area contributed by atoms with Gasteiger partial charge < -0.3 is 15.6 Å². The average Bonchev–Trinajstić information content (AvgIpc) is 3.09. The molecule has 6 heteroatoms. The lowest BCUT2D eigenvalue weighted by Crippen LogP contribution is -2.35. The molecular formula is C20H30N4OS. The molecule has 1 aromatic carbocycles. The van der Waals surface area contributed by atoms with Crippen LogP contribution >= 0.6 is 11.8 Å². The molecule has 2 heterocycles. The summed E-state index contributed by atoms with van der Waals surface area (Å²) >= 11 is 1.80. The molecule has 1 fully saturated rings. The maximum Gasteiger partial charge on any atom is 0.220 e. The number of hydrogen-bond acceptors (Lipinski definition) is 4. The Hall–Kier alpha value is -1.53. The highest BCUT2D eigenvalue weighted by molar-refractivity contribution is 7.98. The molecule has 0 bridgehead atoms. The van der Waals surface area contributed by atoms with Crippen LogP contribution in [0.1, 0.15) is 44.5 Å². The van der Waals surface area contributed by atoms with Gasteiger partial charge in [0.2, 0.25) is 5.91 Å². The van der Waals surface area contributed by atoms with E-state index in [1.54, 1.807) is 11.8 Å². The molecule has 2 unspecified atom stereocenters. The van der Waals surface area contributed by atoms with Crippen molar-refractivity contribution < 1.29 is 4.79 Å². The highest BCUT2D eigenvalue weighted by atomic mass is 32.2. The lowest BCUT2D eigenvalue weighted by Gasteiger charge is -2.28. The molecule has 5 nitrogen and oxygen atoms in total. The van der Waals surface area contributed by atoms with Gasteiger partial charge in [-0.3, -0.25) is 4.79 Å². The summed E-state index contributed by atoms with van der Waals surface area (Å²) in [6.45, 7) is 4.37. The van der Waals surface area contributed by atoms with Gasteiger partial charge in [-0.15, -0.1) is 0 Å². The minimum absolute atomic E-state index is 0.0532. The Morgan fingerprint density at radius 3 is 2.85 bits per heavy atom. The van der Waals surface area contributed by atoms with Crippen LogP contribution in [0.15, 0.2) is 24.3 Å². The highest BCUT2D eigenvalue weighted by Gasteiger charge is 2.24. The molecule has 1 saturated heterocycles. The van der Waals surface area contributed by atoms with Crippen molar-refractivity contribution >= 4 is 28.7 Å². The molecule has 1 aliphatic heterocycles. The van der Waals surface area contributed by atoms with E-state index in [0.29, 0.717) is 18.3 Å². The van der Waals surface area contributed by atoms with Crippen LogP contribution in [-0.2, 0) is 4.79 Å². The fourth-order valence-electron chi connectivity index (χ4n) is 3.78. The van der Waals surface area contributed by atoms with Crippen molar-refractivity contribution in [2.75, 3.05) is 25.1 Å². The van der Waals surface area contributed by atoms with Gasteiger partial charge >= 0.3 is 0 Å². The summed E-state index contributed by atoms with van der Waals surface area (Å²) in [5.41, 5.74) is 1.97. The van der Waals surface area contributed by atoms with Crippen LogP contribution < -0.4 is 10.6 Å². The van der Waals surface area contributed by atoms with Crippen molar-refractivity contribution in [2.45, 2.75) is 38.6 Å². The first-order chi connectivity index (χ1) is 12.7. The largest absolute Gasteiger partial charge is 0.346 e. The summed E-state index contributed by atoms with van der Waals surface area (Å²) in [5.74, 6) is 3.07. The fraction of sp³-hybridized carbons (Fsp3) is 0.600. The van der Waals surface area contributed by atoms with Crippen molar-refractivity contribution in [3.63, 3.8) is 0 Å². The zero-order valence-electron chi connectivity index (χ0n) is 15.8. The van der Waals surface area contributed by atoms with Gasteiger partial charge in [0.1, 0.15) is 5.82 Å². The molecule has 0 saturated carbocycles. The SMILES string of the molecule is CSCCC(NC(=O)CC(C)C1CCNCC1)c1nc2ccccc2[nH]1. The number of benzene rings is 1. The number of imidazole rings is 1. The number of aromatic nitrogens is 2. The minimum Gasteiger partial charge on any atom is -0.346 e. The van der Waals surface area contributed by atoms with Gasteiger partial charge in [0, 0.05) is 6.42 Å². The number of amides is 1. The normalized spacial score (nSPS) is 17.9. The minimum atomic E-state index is -0.0532. The highest BCUT2D eigenvalue weighted by Crippen LogP contribution is 2.25.